The van der Waals surface area contributed by atoms with Gasteiger partial charge in [-0.25, -0.2) is 4.90 Å². The quantitative estimate of drug-likeness (QED) is 0.484. The second-order valence-corrected chi connectivity index (χ2v) is 6.50. The molecule has 2 amide bonds. The predicted octanol–water partition coefficient (Wildman–Crippen LogP) is 2.37. The van der Waals surface area contributed by atoms with E-state index in [1.54, 1.807) is 0 Å². The fourth-order valence-electron chi connectivity index (χ4n) is 2.03. The molecule has 0 aromatic heterocycles. The van der Waals surface area contributed by atoms with E-state index in [9.17, 15) is 19.7 Å². The molecule has 1 aromatic carbocycles. The molecule has 1 aliphatic rings. The van der Waals surface area contributed by atoms with E-state index < -0.39 is 4.92 Å². The summed E-state index contributed by atoms with van der Waals surface area (Å²) in [6, 6.07) is 5.43. The van der Waals surface area contributed by atoms with Crippen molar-refractivity contribution in [2.75, 3.05) is 4.90 Å². The van der Waals surface area contributed by atoms with Gasteiger partial charge in [-0.1, -0.05) is 13.8 Å². The molecule has 0 spiro atoms. The average molecular weight is 294 g/mol. The normalized spacial score (nSPS) is 18.9. The van der Waals surface area contributed by atoms with Crippen molar-refractivity contribution in [2.45, 2.75) is 30.8 Å². The Kier molecular flexibility index (Phi) is 4.08. The lowest BCUT2D eigenvalue weighted by Gasteiger charge is -2.15. The molecule has 1 atom stereocenters. The number of rotatable bonds is 4. The first-order valence-electron chi connectivity index (χ1n) is 6.17. The van der Waals surface area contributed by atoms with Crippen LogP contribution in [-0.4, -0.2) is 27.2 Å². The number of benzene rings is 1. The maximum absolute atomic E-state index is 12.2. The smallest absolute Gasteiger partial charge is 0.269 e. The van der Waals surface area contributed by atoms with Gasteiger partial charge in [0, 0.05) is 18.6 Å². The molecule has 0 N–H and O–H groups in total. The van der Waals surface area contributed by atoms with Crippen molar-refractivity contribution in [3.05, 3.63) is 34.4 Å². The van der Waals surface area contributed by atoms with Crippen LogP contribution in [0, 0.1) is 10.1 Å². The third kappa shape index (κ3) is 2.82. The van der Waals surface area contributed by atoms with Crippen LogP contribution in [0.2, 0.25) is 0 Å². The largest absolute Gasteiger partial charge is 0.274 e. The van der Waals surface area contributed by atoms with Crippen molar-refractivity contribution in [1.82, 2.24) is 0 Å². The second-order valence-electron chi connectivity index (χ2n) is 4.72. The fourth-order valence-corrected chi connectivity index (χ4v) is 3.15. The van der Waals surface area contributed by atoms with Gasteiger partial charge < -0.3 is 0 Å². The summed E-state index contributed by atoms with van der Waals surface area (Å²) in [5.74, 6) is -0.510. The van der Waals surface area contributed by atoms with Crippen LogP contribution in [0.1, 0.15) is 20.3 Å². The van der Waals surface area contributed by atoms with Gasteiger partial charge in [0.25, 0.3) is 5.69 Å². The number of non-ortho nitro benzene ring substituents is 1. The van der Waals surface area contributed by atoms with Crippen LogP contribution in [0.4, 0.5) is 11.4 Å². The highest BCUT2D eigenvalue weighted by atomic mass is 32.2. The lowest BCUT2D eigenvalue weighted by Crippen LogP contribution is -2.31. The molecule has 1 aromatic rings. The zero-order chi connectivity index (χ0) is 14.9. The fraction of sp³-hybridized carbons (Fsp3) is 0.385. The first-order chi connectivity index (χ1) is 9.40. The Labute approximate surface area is 120 Å². The third-order valence-electron chi connectivity index (χ3n) is 2.86. The summed E-state index contributed by atoms with van der Waals surface area (Å²) in [6.45, 7) is 3.94. The third-order valence-corrected chi connectivity index (χ3v) is 4.10. The molecule has 0 unspecified atom stereocenters. The summed E-state index contributed by atoms with van der Waals surface area (Å²) in [6.07, 6.45) is 0.179. The number of carbonyl (C=O) groups excluding carboxylic acids is 2. The summed E-state index contributed by atoms with van der Waals surface area (Å²) < 4.78 is 0. The number of nitrogens with zero attached hydrogens (tertiary/aromatic N) is 2. The van der Waals surface area contributed by atoms with Gasteiger partial charge in [-0.2, -0.15) is 0 Å². The Morgan fingerprint density at radius 2 is 1.90 bits per heavy atom. The Bertz CT molecular complexity index is 556. The van der Waals surface area contributed by atoms with Crippen LogP contribution in [0.15, 0.2) is 24.3 Å². The summed E-state index contributed by atoms with van der Waals surface area (Å²) in [5, 5.41) is 10.5. The van der Waals surface area contributed by atoms with E-state index in [-0.39, 0.29) is 34.4 Å². The van der Waals surface area contributed by atoms with Gasteiger partial charge in [-0.05, 0) is 17.4 Å². The summed E-state index contributed by atoms with van der Waals surface area (Å²) >= 11 is 1.46. The summed E-state index contributed by atoms with van der Waals surface area (Å²) in [7, 11) is 0. The van der Waals surface area contributed by atoms with Gasteiger partial charge in [0.2, 0.25) is 11.8 Å². The number of thioether (sulfide) groups is 1. The van der Waals surface area contributed by atoms with Gasteiger partial charge in [0.15, 0.2) is 0 Å². The van der Waals surface area contributed by atoms with Gasteiger partial charge >= 0.3 is 0 Å². The molecule has 2 rings (SSSR count). The monoisotopic (exact) mass is 294 g/mol. The first-order valence-corrected chi connectivity index (χ1v) is 7.11. The Morgan fingerprint density at radius 1 is 1.30 bits per heavy atom. The molecule has 1 heterocycles. The van der Waals surface area contributed by atoms with Crippen LogP contribution in [0.25, 0.3) is 0 Å². The zero-order valence-corrected chi connectivity index (χ0v) is 11.9. The van der Waals surface area contributed by atoms with Crippen molar-refractivity contribution >= 4 is 35.0 Å². The van der Waals surface area contributed by atoms with Crippen molar-refractivity contribution in [3.63, 3.8) is 0 Å². The topological polar surface area (TPSA) is 80.5 Å². The van der Waals surface area contributed by atoms with Gasteiger partial charge in [-0.15, -0.1) is 11.8 Å². The summed E-state index contributed by atoms with van der Waals surface area (Å²) in [4.78, 5) is 35.4. The Balaban J connectivity index is 2.22. The van der Waals surface area contributed by atoms with Gasteiger partial charge in [-0.3, -0.25) is 19.7 Å². The zero-order valence-electron chi connectivity index (χ0n) is 11.1. The molecule has 20 heavy (non-hydrogen) atoms. The molecule has 0 bridgehead atoms. The number of anilines is 1. The van der Waals surface area contributed by atoms with E-state index in [1.807, 2.05) is 13.8 Å². The second kappa shape index (κ2) is 5.62. The molecule has 0 aliphatic carbocycles. The minimum absolute atomic E-state index is 0.0686. The van der Waals surface area contributed by atoms with Crippen molar-refractivity contribution < 1.29 is 14.5 Å². The van der Waals surface area contributed by atoms with Crippen LogP contribution in [-0.2, 0) is 9.59 Å². The number of amides is 2. The van der Waals surface area contributed by atoms with Gasteiger partial charge in [0.1, 0.15) is 0 Å². The minimum atomic E-state index is -0.519. The van der Waals surface area contributed by atoms with Crippen LogP contribution in [0.3, 0.4) is 0 Å². The molecule has 1 fully saturated rings. The molecule has 106 valence electrons. The van der Waals surface area contributed by atoms with E-state index in [1.165, 1.54) is 36.0 Å². The van der Waals surface area contributed by atoms with Crippen LogP contribution >= 0.6 is 11.8 Å². The van der Waals surface area contributed by atoms with E-state index in [0.29, 0.717) is 5.69 Å². The number of imide groups is 1. The van der Waals surface area contributed by atoms with E-state index >= 15 is 0 Å². The molecule has 0 radical (unpaired) electrons. The average Bonchev–Trinajstić information content (AvgIpc) is 2.64. The molecule has 7 heteroatoms. The summed E-state index contributed by atoms with van der Waals surface area (Å²) in [5.41, 5.74) is 0.318. The lowest BCUT2D eigenvalue weighted by atomic mass is 10.2. The highest BCUT2D eigenvalue weighted by Gasteiger charge is 2.40. The number of hydrogen-bond acceptors (Lipinski definition) is 5. The minimum Gasteiger partial charge on any atom is -0.274 e. The van der Waals surface area contributed by atoms with Crippen molar-refractivity contribution in [3.8, 4) is 0 Å². The maximum atomic E-state index is 12.2. The maximum Gasteiger partial charge on any atom is 0.269 e. The lowest BCUT2D eigenvalue weighted by molar-refractivity contribution is -0.384. The Hall–Kier alpha value is -1.89. The SMILES string of the molecule is CC(C)S[C@H]1CC(=O)N(c2ccc([N+](=O)[O-])cc2)C1=O. The highest BCUT2D eigenvalue weighted by Crippen LogP contribution is 2.32. The molecule has 1 aliphatic heterocycles. The van der Waals surface area contributed by atoms with E-state index in [2.05, 4.69) is 0 Å². The van der Waals surface area contributed by atoms with Crippen molar-refractivity contribution in [2.24, 2.45) is 0 Å². The number of hydrogen-bond donors (Lipinski definition) is 0. The highest BCUT2D eigenvalue weighted by molar-refractivity contribution is 8.01. The molecular formula is C13H14N2O4S. The van der Waals surface area contributed by atoms with Crippen LogP contribution in [0.5, 0.6) is 0 Å². The molecular weight excluding hydrogens is 280 g/mol. The van der Waals surface area contributed by atoms with E-state index in [0.717, 1.165) is 4.90 Å². The number of nitro benzene ring substituents is 1. The molecule has 1 saturated heterocycles. The standard InChI is InChI=1S/C13H14N2O4S/c1-8(2)20-11-7-12(16)14(13(11)17)9-3-5-10(6-4-9)15(18)19/h3-6,8,11H,7H2,1-2H3/t11-/m0/s1. The number of carbonyl (C=O) groups is 2. The Morgan fingerprint density at radius 3 is 2.40 bits per heavy atom. The van der Waals surface area contributed by atoms with Crippen molar-refractivity contribution in [1.29, 1.82) is 0 Å². The molecule has 0 saturated carbocycles. The van der Waals surface area contributed by atoms with Crippen LogP contribution < -0.4 is 4.90 Å². The van der Waals surface area contributed by atoms with E-state index in [4.69, 9.17) is 0 Å². The predicted molar refractivity (Wildman–Crippen MR) is 76.7 cm³/mol. The first kappa shape index (κ1) is 14.5. The number of nitro groups is 1. The van der Waals surface area contributed by atoms with Gasteiger partial charge in [0.05, 0.1) is 15.9 Å². The molecule has 6 nitrogen and oxygen atoms in total.